The highest BCUT2D eigenvalue weighted by Crippen LogP contribution is 2.29. The zero-order valence-electron chi connectivity index (χ0n) is 13.3. The first kappa shape index (κ1) is 20.3. The SMILES string of the molecule is CC1(C)CN(Cc2csc(-c3ncccn3)n2)CCC1N.Cl.Cl. The second-order valence-corrected chi connectivity index (χ2v) is 7.17. The fraction of sp³-hybridized carbons (Fsp3) is 0.533. The Morgan fingerprint density at radius 2 is 2.00 bits per heavy atom. The molecular weight excluding hydrogens is 353 g/mol. The Hall–Kier alpha value is -0.790. The molecule has 2 N–H and O–H groups in total. The van der Waals surface area contributed by atoms with Gasteiger partial charge in [-0.3, -0.25) is 4.90 Å². The number of hydrogen-bond donors (Lipinski definition) is 1. The predicted molar refractivity (Wildman–Crippen MR) is 99.3 cm³/mol. The molecule has 1 aliphatic rings. The van der Waals surface area contributed by atoms with Crippen LogP contribution in [0.15, 0.2) is 23.8 Å². The molecule has 0 bridgehead atoms. The van der Waals surface area contributed by atoms with E-state index in [1.807, 2.05) is 6.07 Å². The maximum Gasteiger partial charge on any atom is 0.188 e. The summed E-state index contributed by atoms with van der Waals surface area (Å²) in [5.41, 5.74) is 7.45. The fourth-order valence-electron chi connectivity index (χ4n) is 2.74. The molecule has 2 aromatic heterocycles. The average Bonchev–Trinajstić information content (AvgIpc) is 2.92. The molecule has 0 aliphatic carbocycles. The number of nitrogens with zero attached hydrogens (tertiary/aromatic N) is 4. The monoisotopic (exact) mass is 375 g/mol. The van der Waals surface area contributed by atoms with E-state index in [-0.39, 0.29) is 36.3 Å². The second kappa shape index (κ2) is 8.35. The topological polar surface area (TPSA) is 67.9 Å². The molecule has 128 valence electrons. The quantitative estimate of drug-likeness (QED) is 0.892. The molecule has 1 aliphatic heterocycles. The summed E-state index contributed by atoms with van der Waals surface area (Å²) >= 11 is 1.60. The first-order valence-electron chi connectivity index (χ1n) is 7.24. The Balaban J connectivity index is 0.00000132. The van der Waals surface area contributed by atoms with E-state index in [9.17, 15) is 0 Å². The van der Waals surface area contributed by atoms with E-state index in [1.165, 1.54) is 0 Å². The number of aromatic nitrogens is 3. The standard InChI is InChI=1S/C15H21N5S.2ClH/c1-15(2)10-20(7-4-12(15)16)8-11-9-21-14(19-11)13-17-5-3-6-18-13;;/h3,5-6,9,12H,4,7-8,10,16H2,1-2H3;2*1H. The van der Waals surface area contributed by atoms with Crippen LogP contribution in [0.1, 0.15) is 26.0 Å². The van der Waals surface area contributed by atoms with Gasteiger partial charge in [0.15, 0.2) is 10.8 Å². The van der Waals surface area contributed by atoms with Gasteiger partial charge in [-0.2, -0.15) is 0 Å². The van der Waals surface area contributed by atoms with Gasteiger partial charge in [-0.25, -0.2) is 15.0 Å². The molecule has 23 heavy (non-hydrogen) atoms. The largest absolute Gasteiger partial charge is 0.327 e. The summed E-state index contributed by atoms with van der Waals surface area (Å²) in [6.07, 6.45) is 4.54. The summed E-state index contributed by atoms with van der Waals surface area (Å²) in [7, 11) is 0. The normalized spacial score (nSPS) is 20.4. The van der Waals surface area contributed by atoms with Gasteiger partial charge in [-0.1, -0.05) is 13.8 Å². The number of halogens is 2. The van der Waals surface area contributed by atoms with Crippen LogP contribution in [0, 0.1) is 5.41 Å². The molecule has 3 rings (SSSR count). The highest BCUT2D eigenvalue weighted by Gasteiger charge is 2.33. The van der Waals surface area contributed by atoms with Crippen molar-refractivity contribution in [2.24, 2.45) is 11.1 Å². The Morgan fingerprint density at radius 1 is 1.30 bits per heavy atom. The zero-order chi connectivity index (χ0) is 14.9. The van der Waals surface area contributed by atoms with Crippen LogP contribution in [0.5, 0.6) is 0 Å². The summed E-state index contributed by atoms with van der Waals surface area (Å²) in [5, 5.41) is 2.99. The van der Waals surface area contributed by atoms with Gasteiger partial charge in [-0.05, 0) is 17.9 Å². The molecule has 0 radical (unpaired) electrons. The van der Waals surface area contributed by atoms with Gasteiger partial charge >= 0.3 is 0 Å². The third-order valence-electron chi connectivity index (χ3n) is 4.09. The van der Waals surface area contributed by atoms with E-state index in [1.54, 1.807) is 23.7 Å². The van der Waals surface area contributed by atoms with E-state index < -0.39 is 0 Å². The average molecular weight is 376 g/mol. The summed E-state index contributed by atoms with van der Waals surface area (Å²) in [6.45, 7) is 7.42. The molecule has 8 heteroatoms. The smallest absolute Gasteiger partial charge is 0.188 e. The molecule has 1 unspecified atom stereocenters. The summed E-state index contributed by atoms with van der Waals surface area (Å²) in [6, 6.07) is 2.11. The van der Waals surface area contributed by atoms with Crippen LogP contribution >= 0.6 is 36.2 Å². The van der Waals surface area contributed by atoms with E-state index in [4.69, 9.17) is 5.73 Å². The van der Waals surface area contributed by atoms with Crippen LogP contribution in [-0.2, 0) is 6.54 Å². The second-order valence-electron chi connectivity index (χ2n) is 6.31. The Kier molecular flexibility index (Phi) is 7.35. The number of rotatable bonds is 3. The van der Waals surface area contributed by atoms with E-state index in [0.29, 0.717) is 5.82 Å². The Bertz CT molecular complexity index is 605. The van der Waals surface area contributed by atoms with Gasteiger partial charge in [0.25, 0.3) is 0 Å². The zero-order valence-corrected chi connectivity index (χ0v) is 15.8. The maximum absolute atomic E-state index is 6.19. The first-order chi connectivity index (χ1) is 10.0. The summed E-state index contributed by atoms with van der Waals surface area (Å²) < 4.78 is 0. The molecular formula is C15H23Cl2N5S. The molecule has 0 spiro atoms. The molecule has 2 aromatic rings. The molecule has 0 aromatic carbocycles. The van der Waals surface area contributed by atoms with Gasteiger partial charge in [0.1, 0.15) is 0 Å². The number of likely N-dealkylation sites (tertiary alicyclic amines) is 1. The van der Waals surface area contributed by atoms with Gasteiger partial charge in [-0.15, -0.1) is 36.2 Å². The van der Waals surface area contributed by atoms with Crippen molar-refractivity contribution in [1.29, 1.82) is 0 Å². The fourth-order valence-corrected chi connectivity index (χ4v) is 3.50. The van der Waals surface area contributed by atoms with Crippen LogP contribution < -0.4 is 5.73 Å². The van der Waals surface area contributed by atoms with Crippen molar-refractivity contribution in [2.75, 3.05) is 13.1 Å². The first-order valence-corrected chi connectivity index (χ1v) is 8.12. The Morgan fingerprint density at radius 3 is 2.65 bits per heavy atom. The van der Waals surface area contributed by atoms with Crippen molar-refractivity contribution < 1.29 is 0 Å². The lowest BCUT2D eigenvalue weighted by molar-refractivity contribution is 0.0891. The third-order valence-corrected chi connectivity index (χ3v) is 4.97. The third kappa shape index (κ3) is 4.84. The van der Waals surface area contributed by atoms with Crippen LogP contribution in [0.4, 0.5) is 0 Å². The van der Waals surface area contributed by atoms with Crippen LogP contribution in [0.25, 0.3) is 10.8 Å². The van der Waals surface area contributed by atoms with E-state index in [0.717, 1.165) is 36.8 Å². The maximum atomic E-state index is 6.19. The highest BCUT2D eigenvalue weighted by atomic mass is 35.5. The van der Waals surface area contributed by atoms with Crippen molar-refractivity contribution in [3.05, 3.63) is 29.5 Å². The number of piperidine rings is 1. The number of hydrogen-bond acceptors (Lipinski definition) is 6. The van der Waals surface area contributed by atoms with Crippen molar-refractivity contribution in [3.8, 4) is 10.8 Å². The highest BCUT2D eigenvalue weighted by molar-refractivity contribution is 7.13. The van der Waals surface area contributed by atoms with E-state index in [2.05, 4.69) is 39.1 Å². The van der Waals surface area contributed by atoms with Crippen LogP contribution in [-0.4, -0.2) is 39.0 Å². The van der Waals surface area contributed by atoms with Crippen molar-refractivity contribution in [1.82, 2.24) is 19.9 Å². The molecule has 1 saturated heterocycles. The molecule has 1 atom stereocenters. The minimum Gasteiger partial charge on any atom is -0.327 e. The van der Waals surface area contributed by atoms with Crippen LogP contribution in [0.3, 0.4) is 0 Å². The van der Waals surface area contributed by atoms with Gasteiger partial charge in [0.2, 0.25) is 0 Å². The lowest BCUT2D eigenvalue weighted by atomic mass is 9.80. The minimum atomic E-state index is 0. The molecule has 1 fully saturated rings. The van der Waals surface area contributed by atoms with Gasteiger partial charge in [0, 0.05) is 43.4 Å². The van der Waals surface area contributed by atoms with Crippen molar-refractivity contribution >= 4 is 36.2 Å². The van der Waals surface area contributed by atoms with Crippen LogP contribution in [0.2, 0.25) is 0 Å². The molecule has 3 heterocycles. The van der Waals surface area contributed by atoms with Crippen molar-refractivity contribution in [3.63, 3.8) is 0 Å². The lowest BCUT2D eigenvalue weighted by Gasteiger charge is -2.42. The molecule has 5 nitrogen and oxygen atoms in total. The Labute approximate surface area is 153 Å². The minimum absolute atomic E-state index is 0. The number of thiazole rings is 1. The summed E-state index contributed by atoms with van der Waals surface area (Å²) in [5.74, 6) is 0.703. The lowest BCUT2D eigenvalue weighted by Crippen LogP contribution is -2.52. The number of nitrogens with two attached hydrogens (primary N) is 1. The molecule has 0 saturated carbocycles. The predicted octanol–water partition coefficient (Wildman–Crippen LogP) is 3.00. The summed E-state index contributed by atoms with van der Waals surface area (Å²) in [4.78, 5) is 15.6. The van der Waals surface area contributed by atoms with Gasteiger partial charge in [0.05, 0.1) is 5.69 Å². The van der Waals surface area contributed by atoms with Gasteiger partial charge < -0.3 is 5.73 Å². The molecule has 0 amide bonds. The van der Waals surface area contributed by atoms with Crippen molar-refractivity contribution in [2.45, 2.75) is 32.9 Å². The van der Waals surface area contributed by atoms with E-state index >= 15 is 0 Å².